The van der Waals surface area contributed by atoms with Gasteiger partial charge in [0.2, 0.25) is 5.91 Å². The summed E-state index contributed by atoms with van der Waals surface area (Å²) in [5.41, 5.74) is 0.890. The fourth-order valence-corrected chi connectivity index (χ4v) is 3.95. The van der Waals surface area contributed by atoms with Crippen LogP contribution in [0.25, 0.3) is 0 Å². The van der Waals surface area contributed by atoms with Crippen LogP contribution < -0.4 is 10.1 Å². The van der Waals surface area contributed by atoms with E-state index >= 15 is 0 Å². The molecule has 1 unspecified atom stereocenters. The van der Waals surface area contributed by atoms with Crippen LogP contribution in [-0.4, -0.2) is 35.4 Å². The van der Waals surface area contributed by atoms with Crippen LogP contribution in [0, 0.1) is 0 Å². The van der Waals surface area contributed by atoms with Crippen LogP contribution in [0.3, 0.4) is 0 Å². The number of amides is 2. The molecule has 1 atom stereocenters. The van der Waals surface area contributed by atoms with Crippen LogP contribution in [0.15, 0.2) is 48.5 Å². The quantitative estimate of drug-likeness (QED) is 0.583. The van der Waals surface area contributed by atoms with E-state index in [1.54, 1.807) is 48.2 Å². The van der Waals surface area contributed by atoms with Crippen molar-refractivity contribution >= 4 is 35.0 Å². The van der Waals surface area contributed by atoms with Crippen LogP contribution >= 0.6 is 23.2 Å². The SMILES string of the molecule is CC(C(=O)NC1CCCCC1)N(Cc1ccc(Cl)cc1)C(=O)COc1ccc(Cl)cc1. The molecule has 0 saturated heterocycles. The second kappa shape index (κ2) is 11.4. The summed E-state index contributed by atoms with van der Waals surface area (Å²) in [4.78, 5) is 27.5. The first-order valence-electron chi connectivity index (χ1n) is 10.6. The highest BCUT2D eigenvalue weighted by atomic mass is 35.5. The molecule has 0 aromatic heterocycles. The van der Waals surface area contributed by atoms with Crippen molar-refractivity contribution in [2.75, 3.05) is 6.61 Å². The zero-order chi connectivity index (χ0) is 22.2. The van der Waals surface area contributed by atoms with E-state index in [0.717, 1.165) is 31.2 Å². The molecule has 0 aliphatic heterocycles. The molecule has 0 bridgehead atoms. The highest BCUT2D eigenvalue weighted by Crippen LogP contribution is 2.19. The van der Waals surface area contributed by atoms with Gasteiger partial charge in [0.15, 0.2) is 6.61 Å². The molecule has 2 amide bonds. The van der Waals surface area contributed by atoms with Gasteiger partial charge in [-0.15, -0.1) is 0 Å². The zero-order valence-corrected chi connectivity index (χ0v) is 19.2. The number of benzene rings is 2. The second-order valence-corrected chi connectivity index (χ2v) is 8.78. The third-order valence-corrected chi connectivity index (χ3v) is 6.06. The summed E-state index contributed by atoms with van der Waals surface area (Å²) in [5.74, 6) is 0.139. The van der Waals surface area contributed by atoms with E-state index in [-0.39, 0.29) is 24.5 Å². The van der Waals surface area contributed by atoms with Crippen molar-refractivity contribution in [2.45, 2.75) is 57.7 Å². The number of ether oxygens (including phenoxy) is 1. The molecule has 0 radical (unpaired) electrons. The van der Waals surface area contributed by atoms with E-state index in [1.807, 2.05) is 12.1 Å². The number of rotatable bonds is 8. The number of hydrogen-bond donors (Lipinski definition) is 1. The predicted molar refractivity (Wildman–Crippen MR) is 123 cm³/mol. The van der Waals surface area contributed by atoms with Gasteiger partial charge in [-0.1, -0.05) is 54.6 Å². The number of carbonyl (C=O) groups is 2. The normalized spacial score (nSPS) is 15.2. The molecule has 166 valence electrons. The molecular formula is C24H28Cl2N2O3. The van der Waals surface area contributed by atoms with E-state index in [0.29, 0.717) is 22.3 Å². The minimum absolute atomic E-state index is 0.138. The summed E-state index contributed by atoms with van der Waals surface area (Å²) in [7, 11) is 0. The molecule has 1 aliphatic carbocycles. The first kappa shape index (κ1) is 23.4. The minimum atomic E-state index is -0.626. The van der Waals surface area contributed by atoms with Gasteiger partial charge in [-0.3, -0.25) is 9.59 Å². The molecule has 31 heavy (non-hydrogen) atoms. The Morgan fingerprint density at radius 1 is 1.00 bits per heavy atom. The molecule has 7 heteroatoms. The predicted octanol–water partition coefficient (Wildman–Crippen LogP) is 5.24. The average Bonchev–Trinajstić information content (AvgIpc) is 2.78. The molecule has 1 aliphatic rings. The summed E-state index contributed by atoms with van der Waals surface area (Å²) < 4.78 is 5.64. The lowest BCUT2D eigenvalue weighted by Crippen LogP contribution is -2.51. The number of nitrogens with zero attached hydrogens (tertiary/aromatic N) is 1. The Morgan fingerprint density at radius 2 is 1.58 bits per heavy atom. The summed E-state index contributed by atoms with van der Waals surface area (Å²) >= 11 is 11.9. The van der Waals surface area contributed by atoms with Crippen molar-refractivity contribution in [2.24, 2.45) is 0 Å². The Bertz CT molecular complexity index is 865. The Morgan fingerprint density at radius 3 is 2.19 bits per heavy atom. The maximum absolute atomic E-state index is 13.1. The van der Waals surface area contributed by atoms with Gasteiger partial charge >= 0.3 is 0 Å². The summed E-state index contributed by atoms with van der Waals surface area (Å²) in [6, 6.07) is 13.6. The van der Waals surface area contributed by atoms with Crippen molar-refractivity contribution in [3.63, 3.8) is 0 Å². The molecule has 2 aromatic carbocycles. The Labute approximate surface area is 193 Å². The summed E-state index contributed by atoms with van der Waals surface area (Å²) in [5, 5.41) is 4.33. The van der Waals surface area contributed by atoms with Gasteiger partial charge in [0.25, 0.3) is 5.91 Å². The number of nitrogens with one attached hydrogen (secondary N) is 1. The van der Waals surface area contributed by atoms with Crippen molar-refractivity contribution in [1.29, 1.82) is 0 Å². The fraction of sp³-hybridized carbons (Fsp3) is 0.417. The molecule has 5 nitrogen and oxygen atoms in total. The van der Waals surface area contributed by atoms with Crippen molar-refractivity contribution in [3.05, 3.63) is 64.1 Å². The Balaban J connectivity index is 1.69. The topological polar surface area (TPSA) is 58.6 Å². The summed E-state index contributed by atoms with van der Waals surface area (Å²) in [6.45, 7) is 1.88. The van der Waals surface area contributed by atoms with Crippen LogP contribution in [0.5, 0.6) is 5.75 Å². The minimum Gasteiger partial charge on any atom is -0.484 e. The van der Waals surface area contributed by atoms with Crippen LogP contribution in [0.2, 0.25) is 10.0 Å². The zero-order valence-electron chi connectivity index (χ0n) is 17.7. The van der Waals surface area contributed by atoms with Crippen LogP contribution in [-0.2, 0) is 16.1 Å². The number of halogens is 2. The van der Waals surface area contributed by atoms with Gasteiger partial charge in [-0.05, 0) is 61.7 Å². The lowest BCUT2D eigenvalue weighted by molar-refractivity contribution is -0.142. The Kier molecular flexibility index (Phi) is 8.61. The third kappa shape index (κ3) is 7.15. The van der Waals surface area contributed by atoms with Crippen molar-refractivity contribution in [3.8, 4) is 5.75 Å². The van der Waals surface area contributed by atoms with Gasteiger partial charge in [0.05, 0.1) is 0 Å². The first-order chi connectivity index (χ1) is 14.9. The molecule has 0 heterocycles. The van der Waals surface area contributed by atoms with Crippen LogP contribution in [0.4, 0.5) is 0 Å². The van der Waals surface area contributed by atoms with Gasteiger partial charge in [0, 0.05) is 22.6 Å². The standard InChI is InChI=1S/C24H28Cl2N2O3/c1-17(24(30)27-21-5-3-2-4-6-21)28(15-18-7-9-19(25)10-8-18)23(29)16-31-22-13-11-20(26)12-14-22/h7-14,17,21H,2-6,15-16H2,1H3,(H,27,30). The fourth-order valence-electron chi connectivity index (χ4n) is 3.70. The molecule has 1 saturated carbocycles. The van der Waals surface area contributed by atoms with Gasteiger partial charge in [-0.25, -0.2) is 0 Å². The van der Waals surface area contributed by atoms with E-state index in [4.69, 9.17) is 27.9 Å². The summed E-state index contributed by atoms with van der Waals surface area (Å²) in [6.07, 6.45) is 5.45. The molecule has 2 aromatic rings. The average molecular weight is 463 g/mol. The van der Waals surface area contributed by atoms with E-state index in [9.17, 15) is 9.59 Å². The monoisotopic (exact) mass is 462 g/mol. The van der Waals surface area contributed by atoms with Gasteiger partial charge in [0.1, 0.15) is 11.8 Å². The van der Waals surface area contributed by atoms with Crippen LogP contribution in [0.1, 0.15) is 44.6 Å². The highest BCUT2D eigenvalue weighted by Gasteiger charge is 2.28. The largest absolute Gasteiger partial charge is 0.484 e. The van der Waals surface area contributed by atoms with Gasteiger partial charge in [-0.2, -0.15) is 0 Å². The molecular weight excluding hydrogens is 435 g/mol. The first-order valence-corrected chi connectivity index (χ1v) is 11.4. The lowest BCUT2D eigenvalue weighted by Gasteiger charge is -2.31. The van der Waals surface area contributed by atoms with E-state index < -0.39 is 6.04 Å². The van der Waals surface area contributed by atoms with Crippen molar-refractivity contribution in [1.82, 2.24) is 10.2 Å². The van der Waals surface area contributed by atoms with Crippen molar-refractivity contribution < 1.29 is 14.3 Å². The number of carbonyl (C=O) groups excluding carboxylic acids is 2. The van der Waals surface area contributed by atoms with Gasteiger partial charge < -0.3 is 15.0 Å². The second-order valence-electron chi connectivity index (χ2n) is 7.91. The number of hydrogen-bond acceptors (Lipinski definition) is 3. The van der Waals surface area contributed by atoms with E-state index in [2.05, 4.69) is 5.32 Å². The maximum Gasteiger partial charge on any atom is 0.261 e. The molecule has 1 N–H and O–H groups in total. The highest BCUT2D eigenvalue weighted by molar-refractivity contribution is 6.30. The smallest absolute Gasteiger partial charge is 0.261 e. The molecule has 1 fully saturated rings. The third-order valence-electron chi connectivity index (χ3n) is 5.56. The Hall–Kier alpha value is -2.24. The molecule has 0 spiro atoms. The maximum atomic E-state index is 13.1. The lowest BCUT2D eigenvalue weighted by atomic mass is 9.95. The van der Waals surface area contributed by atoms with E-state index in [1.165, 1.54) is 6.42 Å². The molecule has 3 rings (SSSR count).